The van der Waals surface area contributed by atoms with Crippen LogP contribution in [0.25, 0.3) is 6.08 Å². The van der Waals surface area contributed by atoms with Crippen LogP contribution in [0.5, 0.6) is 0 Å². The summed E-state index contributed by atoms with van der Waals surface area (Å²) in [6.45, 7) is 0. The van der Waals surface area contributed by atoms with E-state index in [1.807, 2.05) is 30.3 Å². The highest BCUT2D eigenvalue weighted by molar-refractivity contribution is 5.83. The molecule has 0 aliphatic heterocycles. The maximum absolute atomic E-state index is 9.97. The third-order valence-corrected chi connectivity index (χ3v) is 4.44. The Labute approximate surface area is 147 Å². The van der Waals surface area contributed by atoms with E-state index in [4.69, 9.17) is 0 Å². The Hall–Kier alpha value is -1.61. The van der Waals surface area contributed by atoms with Crippen LogP contribution in [-0.2, 0) is 4.79 Å². The second-order valence-electron chi connectivity index (χ2n) is 6.69. The van der Waals surface area contributed by atoms with Crippen LogP contribution in [0.2, 0.25) is 0 Å². The fraction of sp³-hybridized carbons (Fsp3) is 0.571. The normalized spacial score (nSPS) is 18.0. The minimum atomic E-state index is -1.17. The van der Waals surface area contributed by atoms with Gasteiger partial charge in [0.2, 0.25) is 0 Å². The predicted octanol–water partition coefficient (Wildman–Crippen LogP) is 3.35. The topological polar surface area (TPSA) is 67.8 Å². The number of hydrogen-bond acceptors (Lipinski definition) is 2. The number of benzene rings is 1. The van der Waals surface area contributed by atoms with Gasteiger partial charge in [0, 0.05) is 0 Å². The molecule has 0 bridgehead atoms. The average molecular weight is 332 g/mol. The summed E-state index contributed by atoms with van der Waals surface area (Å²) in [6, 6.07) is 9.94. The SMILES string of the molecule is O=C([O-])/C=C/c1ccccc1.[NH3+]C1CCCCCCCCCCC1. The Morgan fingerprint density at radius 1 is 0.875 bits per heavy atom. The van der Waals surface area contributed by atoms with Gasteiger partial charge in [-0.25, -0.2) is 0 Å². The Morgan fingerprint density at radius 3 is 1.79 bits per heavy atom. The third-order valence-electron chi connectivity index (χ3n) is 4.44. The largest absolute Gasteiger partial charge is 0.545 e. The number of aliphatic carboxylic acids is 1. The van der Waals surface area contributed by atoms with Gasteiger partial charge in [-0.2, -0.15) is 0 Å². The molecule has 0 atom stereocenters. The van der Waals surface area contributed by atoms with Gasteiger partial charge in [-0.3, -0.25) is 0 Å². The van der Waals surface area contributed by atoms with E-state index in [1.165, 1.54) is 76.7 Å². The molecule has 24 heavy (non-hydrogen) atoms. The molecule has 1 aliphatic carbocycles. The zero-order valence-corrected chi connectivity index (χ0v) is 14.9. The monoisotopic (exact) mass is 331 g/mol. The summed E-state index contributed by atoms with van der Waals surface area (Å²) in [5.74, 6) is -1.17. The van der Waals surface area contributed by atoms with Gasteiger partial charge in [0.25, 0.3) is 0 Å². The molecule has 0 radical (unpaired) electrons. The molecule has 3 nitrogen and oxygen atoms in total. The van der Waals surface area contributed by atoms with Crippen LogP contribution in [0, 0.1) is 0 Å². The lowest BCUT2D eigenvalue weighted by Crippen LogP contribution is -2.60. The summed E-state index contributed by atoms with van der Waals surface area (Å²) in [7, 11) is 0. The van der Waals surface area contributed by atoms with Gasteiger partial charge in [-0.15, -0.1) is 0 Å². The summed E-state index contributed by atoms with van der Waals surface area (Å²) >= 11 is 0. The van der Waals surface area contributed by atoms with Crippen molar-refractivity contribution < 1.29 is 15.6 Å². The van der Waals surface area contributed by atoms with Crippen molar-refractivity contribution in [3.05, 3.63) is 42.0 Å². The van der Waals surface area contributed by atoms with Crippen LogP contribution in [0.4, 0.5) is 0 Å². The highest BCUT2D eigenvalue weighted by atomic mass is 16.4. The first-order valence-corrected chi connectivity index (χ1v) is 9.45. The average Bonchev–Trinajstić information content (AvgIpc) is 2.58. The Balaban J connectivity index is 0.000000243. The van der Waals surface area contributed by atoms with Gasteiger partial charge in [0.05, 0.1) is 12.0 Å². The van der Waals surface area contributed by atoms with E-state index in [2.05, 4.69) is 5.73 Å². The maximum Gasteiger partial charge on any atom is 0.0843 e. The summed E-state index contributed by atoms with van der Waals surface area (Å²) in [5.41, 5.74) is 5.08. The second-order valence-corrected chi connectivity index (χ2v) is 6.69. The van der Waals surface area contributed by atoms with Crippen LogP contribution < -0.4 is 10.8 Å². The Bertz CT molecular complexity index is 444. The molecule has 1 aliphatic rings. The van der Waals surface area contributed by atoms with Crippen molar-refractivity contribution in [3.63, 3.8) is 0 Å². The molecular formula is C21H33NO2. The predicted molar refractivity (Wildman–Crippen MR) is 97.9 cm³/mol. The van der Waals surface area contributed by atoms with Gasteiger partial charge in [0.1, 0.15) is 0 Å². The van der Waals surface area contributed by atoms with Crippen molar-refractivity contribution in [2.24, 2.45) is 0 Å². The van der Waals surface area contributed by atoms with Crippen molar-refractivity contribution >= 4 is 12.0 Å². The molecule has 134 valence electrons. The van der Waals surface area contributed by atoms with E-state index in [-0.39, 0.29) is 0 Å². The number of quaternary nitrogens is 1. The molecular weight excluding hydrogens is 298 g/mol. The van der Waals surface area contributed by atoms with Crippen molar-refractivity contribution in [3.8, 4) is 0 Å². The van der Waals surface area contributed by atoms with Crippen molar-refractivity contribution in [2.75, 3.05) is 0 Å². The first-order chi connectivity index (χ1) is 11.7. The molecule has 3 N–H and O–H groups in total. The smallest absolute Gasteiger partial charge is 0.0843 e. The maximum atomic E-state index is 9.97. The molecule has 0 amide bonds. The zero-order valence-electron chi connectivity index (χ0n) is 14.9. The van der Waals surface area contributed by atoms with E-state index in [0.29, 0.717) is 0 Å². The van der Waals surface area contributed by atoms with Crippen LogP contribution in [0.15, 0.2) is 36.4 Å². The van der Waals surface area contributed by atoms with Crippen LogP contribution in [0.3, 0.4) is 0 Å². The minimum absolute atomic E-state index is 0.749. The first kappa shape index (κ1) is 20.4. The van der Waals surface area contributed by atoms with Gasteiger partial charge >= 0.3 is 0 Å². The van der Waals surface area contributed by atoms with Crippen LogP contribution in [-0.4, -0.2) is 12.0 Å². The van der Waals surface area contributed by atoms with Gasteiger partial charge in [-0.1, -0.05) is 81.4 Å². The first-order valence-electron chi connectivity index (χ1n) is 9.45. The lowest BCUT2D eigenvalue weighted by molar-refractivity contribution is -0.423. The lowest BCUT2D eigenvalue weighted by Gasteiger charge is -2.10. The zero-order chi connectivity index (χ0) is 17.5. The molecule has 1 aromatic rings. The number of carboxylic acids is 1. The van der Waals surface area contributed by atoms with Gasteiger partial charge in [0.15, 0.2) is 0 Å². The number of hydrogen-bond donors (Lipinski definition) is 1. The van der Waals surface area contributed by atoms with Gasteiger partial charge in [-0.05, 0) is 37.3 Å². The molecule has 0 heterocycles. The molecule has 2 rings (SSSR count). The third kappa shape index (κ3) is 11.9. The number of carboxylic acid groups (broad SMARTS) is 1. The van der Waals surface area contributed by atoms with Crippen molar-refractivity contribution in [1.82, 2.24) is 0 Å². The van der Waals surface area contributed by atoms with Crippen molar-refractivity contribution in [1.29, 1.82) is 0 Å². The summed E-state index contributed by atoms with van der Waals surface area (Å²) in [6.07, 6.45) is 18.4. The second kappa shape index (κ2) is 13.8. The molecule has 0 unspecified atom stereocenters. The quantitative estimate of drug-likeness (QED) is 0.844. The van der Waals surface area contributed by atoms with Crippen molar-refractivity contribution in [2.45, 2.75) is 76.7 Å². The minimum Gasteiger partial charge on any atom is -0.545 e. The van der Waals surface area contributed by atoms with E-state index < -0.39 is 5.97 Å². The van der Waals surface area contributed by atoms with E-state index >= 15 is 0 Å². The lowest BCUT2D eigenvalue weighted by atomic mass is 9.99. The fourth-order valence-electron chi connectivity index (χ4n) is 2.98. The Kier molecular flexibility index (Phi) is 11.7. The number of carbonyl (C=O) groups is 1. The van der Waals surface area contributed by atoms with E-state index in [1.54, 1.807) is 0 Å². The van der Waals surface area contributed by atoms with Gasteiger partial charge < -0.3 is 15.6 Å². The fourth-order valence-corrected chi connectivity index (χ4v) is 2.98. The van der Waals surface area contributed by atoms with Crippen LogP contribution in [0.1, 0.15) is 76.2 Å². The molecule has 1 aromatic carbocycles. The molecule has 0 aromatic heterocycles. The molecule has 1 fully saturated rings. The molecule has 0 saturated heterocycles. The summed E-state index contributed by atoms with van der Waals surface area (Å²) < 4.78 is 0. The summed E-state index contributed by atoms with van der Waals surface area (Å²) in [5, 5.41) is 9.97. The number of rotatable bonds is 2. The highest BCUT2D eigenvalue weighted by Crippen LogP contribution is 2.15. The Morgan fingerprint density at radius 2 is 1.33 bits per heavy atom. The molecule has 3 heteroatoms. The van der Waals surface area contributed by atoms with E-state index in [0.717, 1.165) is 17.7 Å². The molecule has 1 saturated carbocycles. The van der Waals surface area contributed by atoms with E-state index in [9.17, 15) is 9.90 Å². The summed E-state index contributed by atoms with van der Waals surface area (Å²) in [4.78, 5) is 9.97. The number of carbonyl (C=O) groups excluding carboxylic acids is 1. The highest BCUT2D eigenvalue weighted by Gasteiger charge is 2.06. The standard InChI is InChI=1S/C12H25N.C9H8O2/c13-12-10-8-6-4-2-1-3-5-7-9-11-12;10-9(11)7-6-8-4-2-1-3-5-8/h12H,1-11,13H2;1-7H,(H,10,11)/b;7-6+. The van der Waals surface area contributed by atoms with Crippen LogP contribution >= 0.6 is 0 Å². The molecule has 0 spiro atoms.